The minimum Gasteiger partial charge on any atom is -0.0619 e. The number of fused-ring (bicyclic) bond motifs is 7. The van der Waals surface area contributed by atoms with Crippen molar-refractivity contribution in [1.82, 2.24) is 0 Å². The van der Waals surface area contributed by atoms with Crippen LogP contribution in [0, 0.1) is 0 Å². The minimum atomic E-state index is -0.0461. The molecule has 3 aliphatic rings. The number of rotatable bonds is 2. The lowest BCUT2D eigenvalue weighted by molar-refractivity contribution is 0.660. The molecule has 0 fully saturated rings. The standard InChI is InChI=1S/C48H34/c1-47(2)40-14-7-5-11-31(40)33-19-17-28(24-42(33)47)30-22-23-36-35-13-9-10-27-16-21-37-38(26-39(30)45(36)46(37)44(27)35)29-18-20-34-32-12-6-8-15-41(32)48(3,4)43(34)25-29/h5-26H,1-4H3. The Morgan fingerprint density at radius 3 is 1.50 bits per heavy atom. The molecule has 226 valence electrons. The van der Waals surface area contributed by atoms with Gasteiger partial charge in [0.05, 0.1) is 0 Å². The topological polar surface area (TPSA) is 0 Å². The van der Waals surface area contributed by atoms with Crippen molar-refractivity contribution in [3.8, 4) is 55.6 Å². The maximum absolute atomic E-state index is 2.51. The fourth-order valence-corrected chi connectivity index (χ4v) is 9.81. The molecule has 0 bridgehead atoms. The zero-order valence-corrected chi connectivity index (χ0v) is 27.7. The molecule has 3 aliphatic carbocycles. The highest BCUT2D eigenvalue weighted by Crippen LogP contribution is 2.55. The third-order valence-electron chi connectivity index (χ3n) is 12.2. The van der Waals surface area contributed by atoms with Crippen molar-refractivity contribution < 1.29 is 0 Å². The lowest BCUT2D eigenvalue weighted by Gasteiger charge is -2.23. The molecule has 0 nitrogen and oxygen atoms in total. The van der Waals surface area contributed by atoms with Crippen LogP contribution in [0.3, 0.4) is 0 Å². The van der Waals surface area contributed by atoms with Crippen molar-refractivity contribution in [1.29, 1.82) is 0 Å². The van der Waals surface area contributed by atoms with E-state index in [2.05, 4.69) is 161 Å². The van der Waals surface area contributed by atoms with E-state index in [0.29, 0.717) is 0 Å². The molecule has 0 amide bonds. The molecule has 0 heterocycles. The largest absolute Gasteiger partial charge is 0.0619 e. The smallest absolute Gasteiger partial charge is 0.0159 e. The number of hydrogen-bond acceptors (Lipinski definition) is 0. The van der Waals surface area contributed by atoms with E-state index in [1.54, 1.807) is 0 Å². The molecule has 0 unspecified atom stereocenters. The van der Waals surface area contributed by atoms with Gasteiger partial charge in [0.25, 0.3) is 0 Å². The molecule has 48 heavy (non-hydrogen) atoms. The molecule has 0 radical (unpaired) electrons. The molecular weight excluding hydrogens is 577 g/mol. The summed E-state index contributed by atoms with van der Waals surface area (Å²) in [5, 5.41) is 8.21. The van der Waals surface area contributed by atoms with Gasteiger partial charge in [0.1, 0.15) is 0 Å². The summed E-state index contributed by atoms with van der Waals surface area (Å²) in [5.74, 6) is 0. The van der Waals surface area contributed by atoms with E-state index in [-0.39, 0.29) is 10.8 Å². The second-order valence-electron chi connectivity index (χ2n) is 15.3. The van der Waals surface area contributed by atoms with Crippen LogP contribution in [0.15, 0.2) is 133 Å². The first-order chi connectivity index (χ1) is 23.3. The van der Waals surface area contributed by atoms with Crippen LogP contribution in [-0.4, -0.2) is 0 Å². The Balaban J connectivity index is 1.20. The van der Waals surface area contributed by atoms with E-state index < -0.39 is 0 Å². The van der Waals surface area contributed by atoms with Gasteiger partial charge in [0.2, 0.25) is 0 Å². The maximum Gasteiger partial charge on any atom is 0.0159 e. The first-order valence-electron chi connectivity index (χ1n) is 17.3. The Kier molecular flexibility index (Phi) is 4.82. The lowest BCUT2D eigenvalue weighted by atomic mass is 9.80. The predicted octanol–water partition coefficient (Wildman–Crippen LogP) is 13.1. The van der Waals surface area contributed by atoms with Crippen molar-refractivity contribution in [2.75, 3.05) is 0 Å². The normalized spacial score (nSPS) is 15.4. The number of benzene rings is 8. The minimum absolute atomic E-state index is 0.0410. The first-order valence-corrected chi connectivity index (χ1v) is 17.3. The predicted molar refractivity (Wildman–Crippen MR) is 204 cm³/mol. The van der Waals surface area contributed by atoms with E-state index in [1.807, 2.05) is 0 Å². The van der Waals surface area contributed by atoms with Crippen LogP contribution in [0.4, 0.5) is 0 Å². The van der Waals surface area contributed by atoms with Gasteiger partial charge in [0.15, 0.2) is 0 Å². The molecule has 0 heteroatoms. The Morgan fingerprint density at radius 2 is 0.833 bits per heavy atom. The van der Waals surface area contributed by atoms with Gasteiger partial charge in [-0.2, -0.15) is 0 Å². The average molecular weight is 611 g/mol. The fourth-order valence-electron chi connectivity index (χ4n) is 9.81. The Labute approximate surface area is 281 Å². The number of hydrogen-bond donors (Lipinski definition) is 0. The van der Waals surface area contributed by atoms with Gasteiger partial charge in [-0.3, -0.25) is 0 Å². The highest BCUT2D eigenvalue weighted by Gasteiger charge is 2.37. The van der Waals surface area contributed by atoms with Crippen molar-refractivity contribution in [3.63, 3.8) is 0 Å². The van der Waals surface area contributed by atoms with Crippen LogP contribution in [0.25, 0.3) is 88.0 Å². The zero-order valence-electron chi connectivity index (χ0n) is 27.7. The van der Waals surface area contributed by atoms with Gasteiger partial charge in [-0.25, -0.2) is 0 Å². The molecule has 0 aliphatic heterocycles. The third kappa shape index (κ3) is 3.12. The van der Waals surface area contributed by atoms with Gasteiger partial charge in [-0.15, -0.1) is 0 Å². The van der Waals surface area contributed by atoms with E-state index in [9.17, 15) is 0 Å². The molecule has 0 saturated heterocycles. The summed E-state index contributed by atoms with van der Waals surface area (Å²) >= 11 is 0. The van der Waals surface area contributed by atoms with Crippen molar-refractivity contribution in [3.05, 3.63) is 156 Å². The van der Waals surface area contributed by atoms with E-state index >= 15 is 0 Å². The molecule has 11 rings (SSSR count). The van der Waals surface area contributed by atoms with E-state index in [0.717, 1.165) is 0 Å². The summed E-state index contributed by atoms with van der Waals surface area (Å²) in [6.45, 7) is 9.52. The molecule has 0 atom stereocenters. The van der Waals surface area contributed by atoms with Gasteiger partial charge in [-0.05, 0) is 128 Å². The molecule has 0 N–H and O–H groups in total. The molecule has 8 aromatic carbocycles. The summed E-state index contributed by atoms with van der Waals surface area (Å²) in [5.41, 5.74) is 19.0. The second-order valence-corrected chi connectivity index (χ2v) is 15.3. The molecule has 8 aromatic rings. The Morgan fingerprint density at radius 1 is 0.312 bits per heavy atom. The van der Waals surface area contributed by atoms with Crippen LogP contribution in [0.5, 0.6) is 0 Å². The highest BCUT2D eigenvalue weighted by molar-refractivity contribution is 6.36. The second kappa shape index (κ2) is 8.71. The lowest BCUT2D eigenvalue weighted by Crippen LogP contribution is -2.14. The molecular formula is C48H34. The maximum atomic E-state index is 2.51. The van der Waals surface area contributed by atoms with E-state index in [1.165, 1.54) is 110 Å². The summed E-state index contributed by atoms with van der Waals surface area (Å²) in [6.07, 6.45) is 0. The van der Waals surface area contributed by atoms with Crippen LogP contribution < -0.4 is 0 Å². The monoisotopic (exact) mass is 610 g/mol. The Bertz CT molecular complexity index is 2770. The van der Waals surface area contributed by atoms with Gasteiger partial charge < -0.3 is 0 Å². The van der Waals surface area contributed by atoms with Gasteiger partial charge in [-0.1, -0.05) is 143 Å². The third-order valence-corrected chi connectivity index (χ3v) is 12.2. The summed E-state index contributed by atoms with van der Waals surface area (Å²) < 4.78 is 0. The molecule has 0 saturated carbocycles. The van der Waals surface area contributed by atoms with Crippen LogP contribution in [0.2, 0.25) is 0 Å². The van der Waals surface area contributed by atoms with Gasteiger partial charge >= 0.3 is 0 Å². The van der Waals surface area contributed by atoms with Gasteiger partial charge in [0, 0.05) is 10.8 Å². The zero-order chi connectivity index (χ0) is 32.1. The Hall–Kier alpha value is -5.46. The summed E-state index contributed by atoms with van der Waals surface area (Å²) in [6, 6.07) is 51.1. The SMILES string of the molecule is CC1(C)c2ccccc2-c2ccc(-c3ccc4c5c3cc(-c3ccc6c(c3)C(C)(C)c3ccccc3-6)c3ccc6cccc-4c6c35)cc21. The van der Waals surface area contributed by atoms with Crippen LogP contribution >= 0.6 is 0 Å². The highest BCUT2D eigenvalue weighted by atomic mass is 14.4. The van der Waals surface area contributed by atoms with Crippen molar-refractivity contribution in [2.24, 2.45) is 0 Å². The molecule has 0 aromatic heterocycles. The first kappa shape index (κ1) is 26.6. The van der Waals surface area contributed by atoms with Crippen molar-refractivity contribution >= 4 is 32.3 Å². The van der Waals surface area contributed by atoms with Crippen molar-refractivity contribution in [2.45, 2.75) is 38.5 Å². The quantitative estimate of drug-likeness (QED) is 0.171. The summed E-state index contributed by atoms with van der Waals surface area (Å²) in [7, 11) is 0. The average Bonchev–Trinajstić information content (AvgIpc) is 3.66. The van der Waals surface area contributed by atoms with E-state index in [4.69, 9.17) is 0 Å². The van der Waals surface area contributed by atoms with Crippen LogP contribution in [0.1, 0.15) is 49.9 Å². The fraction of sp³-hybridized carbons (Fsp3) is 0.125. The molecule has 0 spiro atoms. The summed E-state index contributed by atoms with van der Waals surface area (Å²) in [4.78, 5) is 0. The van der Waals surface area contributed by atoms with Crippen LogP contribution in [-0.2, 0) is 10.8 Å².